The van der Waals surface area contributed by atoms with Crippen LogP contribution in [0.15, 0.2) is 49.1 Å². The highest BCUT2D eigenvalue weighted by Gasteiger charge is 2.12. The molecule has 1 amide bonds. The van der Waals surface area contributed by atoms with Gasteiger partial charge in [0.15, 0.2) is 0 Å². The molecule has 0 saturated heterocycles. The first-order chi connectivity index (χ1) is 8.84. The molecule has 0 aromatic carbocycles. The van der Waals surface area contributed by atoms with Gasteiger partial charge < -0.3 is 10.3 Å². The Kier molecular flexibility index (Phi) is 2.49. The fourth-order valence-electron chi connectivity index (χ4n) is 1.78. The van der Waals surface area contributed by atoms with Crippen molar-refractivity contribution in [2.75, 3.05) is 5.32 Å². The molecule has 88 valence electrons. The Hall–Kier alpha value is -2.69. The molecule has 3 heterocycles. The summed E-state index contributed by atoms with van der Waals surface area (Å²) in [7, 11) is 0. The Morgan fingerprint density at radius 2 is 2.00 bits per heavy atom. The maximum Gasteiger partial charge on any atom is 0.257 e. The minimum absolute atomic E-state index is 0.166. The number of nitrogens with one attached hydrogen (secondary N) is 2. The molecule has 5 heteroatoms. The number of H-pyrrole nitrogens is 1. The number of nitrogens with zero attached hydrogens (tertiary/aromatic N) is 2. The van der Waals surface area contributed by atoms with Crippen LogP contribution in [0.4, 0.5) is 5.69 Å². The predicted molar refractivity (Wildman–Crippen MR) is 68.3 cm³/mol. The van der Waals surface area contributed by atoms with Crippen LogP contribution in [0.3, 0.4) is 0 Å². The van der Waals surface area contributed by atoms with Crippen molar-refractivity contribution in [3.8, 4) is 0 Å². The molecule has 0 aliphatic rings. The number of anilines is 1. The largest absolute Gasteiger partial charge is 0.345 e. The molecule has 0 aliphatic carbocycles. The fourth-order valence-corrected chi connectivity index (χ4v) is 1.78. The van der Waals surface area contributed by atoms with E-state index in [0.29, 0.717) is 16.9 Å². The molecular weight excluding hydrogens is 228 g/mol. The monoisotopic (exact) mass is 238 g/mol. The van der Waals surface area contributed by atoms with Crippen molar-refractivity contribution in [3.63, 3.8) is 0 Å². The van der Waals surface area contributed by atoms with Gasteiger partial charge in [-0.1, -0.05) is 0 Å². The SMILES string of the molecule is O=C(Nc1ccncc1)c1c[nH]c2ncccc12. The molecule has 0 bridgehead atoms. The molecule has 3 aromatic heterocycles. The molecule has 0 saturated carbocycles. The predicted octanol–water partition coefficient (Wildman–Crippen LogP) is 2.21. The van der Waals surface area contributed by atoms with Gasteiger partial charge in [0, 0.05) is 35.9 Å². The second-order valence-electron chi connectivity index (χ2n) is 3.79. The summed E-state index contributed by atoms with van der Waals surface area (Å²) in [5.74, 6) is -0.166. The number of pyridine rings is 2. The second kappa shape index (κ2) is 4.29. The van der Waals surface area contributed by atoms with Crippen molar-refractivity contribution >= 4 is 22.6 Å². The van der Waals surface area contributed by atoms with Crippen LogP contribution in [0, 0.1) is 0 Å². The van der Waals surface area contributed by atoms with Gasteiger partial charge in [0.25, 0.3) is 5.91 Å². The van der Waals surface area contributed by atoms with Crippen molar-refractivity contribution in [1.29, 1.82) is 0 Å². The first kappa shape index (κ1) is 10.5. The third-order valence-electron chi connectivity index (χ3n) is 2.63. The quantitative estimate of drug-likeness (QED) is 0.719. The van der Waals surface area contributed by atoms with Crippen molar-refractivity contribution in [1.82, 2.24) is 15.0 Å². The number of rotatable bonds is 2. The average molecular weight is 238 g/mol. The average Bonchev–Trinajstić information content (AvgIpc) is 2.84. The van der Waals surface area contributed by atoms with Gasteiger partial charge in [-0.15, -0.1) is 0 Å². The van der Waals surface area contributed by atoms with E-state index in [1.807, 2.05) is 6.07 Å². The Morgan fingerprint density at radius 1 is 1.17 bits per heavy atom. The number of carbonyl (C=O) groups excluding carboxylic acids is 1. The van der Waals surface area contributed by atoms with E-state index in [0.717, 1.165) is 5.39 Å². The van der Waals surface area contributed by atoms with Gasteiger partial charge in [-0.25, -0.2) is 4.98 Å². The highest BCUT2D eigenvalue weighted by Crippen LogP contribution is 2.17. The summed E-state index contributed by atoms with van der Waals surface area (Å²) in [6, 6.07) is 7.15. The van der Waals surface area contributed by atoms with E-state index in [1.54, 1.807) is 43.0 Å². The maximum atomic E-state index is 12.1. The van der Waals surface area contributed by atoms with E-state index in [-0.39, 0.29) is 5.91 Å². The summed E-state index contributed by atoms with van der Waals surface area (Å²) in [6.45, 7) is 0. The van der Waals surface area contributed by atoms with Gasteiger partial charge in [-0.3, -0.25) is 9.78 Å². The molecule has 0 spiro atoms. The lowest BCUT2D eigenvalue weighted by Gasteiger charge is -2.03. The van der Waals surface area contributed by atoms with Gasteiger partial charge in [-0.05, 0) is 24.3 Å². The zero-order valence-electron chi connectivity index (χ0n) is 9.42. The Bertz CT molecular complexity index is 690. The van der Waals surface area contributed by atoms with Gasteiger partial charge in [-0.2, -0.15) is 0 Å². The molecule has 3 aromatic rings. The maximum absolute atomic E-state index is 12.1. The summed E-state index contributed by atoms with van der Waals surface area (Å²) < 4.78 is 0. The highest BCUT2D eigenvalue weighted by molar-refractivity contribution is 6.12. The summed E-state index contributed by atoms with van der Waals surface area (Å²) in [5.41, 5.74) is 2.00. The first-order valence-electron chi connectivity index (χ1n) is 5.48. The summed E-state index contributed by atoms with van der Waals surface area (Å²) in [6.07, 6.45) is 6.61. The van der Waals surface area contributed by atoms with E-state index >= 15 is 0 Å². The number of hydrogen-bond acceptors (Lipinski definition) is 3. The normalized spacial score (nSPS) is 10.4. The van der Waals surface area contributed by atoms with Crippen molar-refractivity contribution in [2.24, 2.45) is 0 Å². The van der Waals surface area contributed by atoms with Crippen molar-refractivity contribution in [2.45, 2.75) is 0 Å². The number of hydrogen-bond donors (Lipinski definition) is 2. The molecule has 2 N–H and O–H groups in total. The zero-order valence-corrected chi connectivity index (χ0v) is 9.42. The third kappa shape index (κ3) is 1.82. The number of aromatic nitrogens is 3. The Labute approximate surface area is 103 Å². The Morgan fingerprint density at radius 3 is 2.83 bits per heavy atom. The van der Waals surface area contributed by atoms with E-state index < -0.39 is 0 Å². The van der Waals surface area contributed by atoms with Gasteiger partial charge in [0.2, 0.25) is 0 Å². The molecule has 5 nitrogen and oxygen atoms in total. The molecular formula is C13H10N4O. The molecule has 0 atom stereocenters. The van der Waals surface area contributed by atoms with Crippen LogP contribution >= 0.6 is 0 Å². The number of carbonyl (C=O) groups is 1. The lowest BCUT2D eigenvalue weighted by Crippen LogP contribution is -2.11. The summed E-state index contributed by atoms with van der Waals surface area (Å²) >= 11 is 0. The fraction of sp³-hybridized carbons (Fsp3) is 0. The molecule has 0 unspecified atom stereocenters. The minimum atomic E-state index is -0.166. The van der Waals surface area contributed by atoms with Crippen LogP contribution in [-0.4, -0.2) is 20.9 Å². The lowest BCUT2D eigenvalue weighted by atomic mass is 10.2. The summed E-state index contributed by atoms with van der Waals surface area (Å²) in [5, 5.41) is 3.62. The van der Waals surface area contributed by atoms with Crippen molar-refractivity contribution < 1.29 is 4.79 Å². The second-order valence-corrected chi connectivity index (χ2v) is 3.79. The van der Waals surface area contributed by atoms with Crippen LogP contribution in [-0.2, 0) is 0 Å². The minimum Gasteiger partial charge on any atom is -0.345 e. The van der Waals surface area contributed by atoms with Crippen LogP contribution in [0.25, 0.3) is 11.0 Å². The topological polar surface area (TPSA) is 70.7 Å². The molecule has 0 fully saturated rings. The number of fused-ring (bicyclic) bond motifs is 1. The zero-order chi connectivity index (χ0) is 12.4. The van der Waals surface area contributed by atoms with E-state index in [1.165, 1.54) is 0 Å². The smallest absolute Gasteiger partial charge is 0.257 e. The van der Waals surface area contributed by atoms with E-state index in [4.69, 9.17) is 0 Å². The van der Waals surface area contributed by atoms with Crippen LogP contribution in [0.5, 0.6) is 0 Å². The third-order valence-corrected chi connectivity index (χ3v) is 2.63. The van der Waals surface area contributed by atoms with E-state index in [2.05, 4.69) is 20.3 Å². The Balaban J connectivity index is 1.93. The standard InChI is InChI=1S/C13H10N4O/c18-13(17-9-3-6-14-7-4-9)11-8-16-12-10(11)2-1-5-15-12/h1-8H,(H,15,16)(H,14,17,18). The molecule has 0 aliphatic heterocycles. The van der Waals surface area contributed by atoms with Gasteiger partial charge >= 0.3 is 0 Å². The van der Waals surface area contributed by atoms with Crippen LogP contribution in [0.2, 0.25) is 0 Å². The van der Waals surface area contributed by atoms with Crippen molar-refractivity contribution in [3.05, 3.63) is 54.6 Å². The van der Waals surface area contributed by atoms with E-state index in [9.17, 15) is 4.79 Å². The van der Waals surface area contributed by atoms with Gasteiger partial charge in [0.05, 0.1) is 5.56 Å². The molecule has 18 heavy (non-hydrogen) atoms. The lowest BCUT2D eigenvalue weighted by molar-refractivity contribution is 0.102. The highest BCUT2D eigenvalue weighted by atomic mass is 16.1. The molecule has 0 radical (unpaired) electrons. The molecule has 3 rings (SSSR count). The van der Waals surface area contributed by atoms with Crippen LogP contribution in [0.1, 0.15) is 10.4 Å². The summed E-state index contributed by atoms with van der Waals surface area (Å²) in [4.78, 5) is 23.1. The first-order valence-corrected chi connectivity index (χ1v) is 5.48. The van der Waals surface area contributed by atoms with Gasteiger partial charge in [0.1, 0.15) is 5.65 Å². The van der Waals surface area contributed by atoms with Crippen LogP contribution < -0.4 is 5.32 Å². The number of amides is 1. The number of aromatic amines is 1.